The van der Waals surface area contributed by atoms with E-state index in [1.165, 1.54) is 42.3 Å². The first kappa shape index (κ1) is 15.7. The van der Waals surface area contributed by atoms with Crippen LogP contribution in [0.3, 0.4) is 0 Å². The van der Waals surface area contributed by atoms with Crippen molar-refractivity contribution in [1.29, 1.82) is 0 Å². The van der Waals surface area contributed by atoms with E-state index in [2.05, 4.69) is 10.1 Å². The van der Waals surface area contributed by atoms with Gasteiger partial charge in [-0.3, -0.25) is 14.7 Å². The van der Waals surface area contributed by atoms with Gasteiger partial charge in [0, 0.05) is 11.9 Å². The molecule has 3 aromatic rings. The molecule has 0 atom stereocenters. The van der Waals surface area contributed by atoms with Crippen LogP contribution < -0.4 is 9.64 Å². The Morgan fingerprint density at radius 3 is 2.67 bits per heavy atom. The van der Waals surface area contributed by atoms with E-state index in [4.69, 9.17) is 9.26 Å². The molecule has 0 spiro atoms. The number of ether oxygens (including phenoxy) is 1. The molecule has 1 aromatic carbocycles. The lowest BCUT2D eigenvalue weighted by atomic mass is 10.2. The molecule has 0 N–H and O–H groups in total. The minimum Gasteiger partial charge on any atom is -0.479 e. The summed E-state index contributed by atoms with van der Waals surface area (Å²) in [6, 6.07) is 12.4. The maximum Gasteiger partial charge on any atom is 0.297 e. The SMILES string of the molecule is COc1cc(C(=O)N(Cc2ccccn2)c2ccc(F)cc2)on1. The Labute approximate surface area is 137 Å². The molecule has 6 nitrogen and oxygen atoms in total. The summed E-state index contributed by atoms with van der Waals surface area (Å²) in [5.74, 6) is -0.587. The third kappa shape index (κ3) is 3.40. The van der Waals surface area contributed by atoms with Crippen LogP contribution >= 0.6 is 0 Å². The lowest BCUT2D eigenvalue weighted by Gasteiger charge is -2.21. The Morgan fingerprint density at radius 2 is 2.04 bits per heavy atom. The van der Waals surface area contributed by atoms with Crippen LogP contribution in [0, 0.1) is 5.82 Å². The Kier molecular flexibility index (Phi) is 4.51. The zero-order chi connectivity index (χ0) is 16.9. The van der Waals surface area contributed by atoms with Gasteiger partial charge >= 0.3 is 0 Å². The van der Waals surface area contributed by atoms with Gasteiger partial charge in [0.25, 0.3) is 11.8 Å². The number of methoxy groups -OCH3 is 1. The summed E-state index contributed by atoms with van der Waals surface area (Å²) in [6.07, 6.45) is 1.64. The van der Waals surface area contributed by atoms with Crippen molar-refractivity contribution >= 4 is 11.6 Å². The lowest BCUT2D eigenvalue weighted by molar-refractivity contribution is 0.0948. The molecule has 0 radical (unpaired) electrons. The topological polar surface area (TPSA) is 68.5 Å². The van der Waals surface area contributed by atoms with E-state index < -0.39 is 5.91 Å². The summed E-state index contributed by atoms with van der Waals surface area (Å²) < 4.78 is 23.1. The number of halogens is 1. The van der Waals surface area contributed by atoms with Gasteiger partial charge in [-0.25, -0.2) is 4.39 Å². The quantitative estimate of drug-likeness (QED) is 0.720. The van der Waals surface area contributed by atoms with E-state index in [9.17, 15) is 9.18 Å². The van der Waals surface area contributed by atoms with Crippen molar-refractivity contribution in [3.05, 3.63) is 72.0 Å². The summed E-state index contributed by atoms with van der Waals surface area (Å²) >= 11 is 0. The highest BCUT2D eigenvalue weighted by Crippen LogP contribution is 2.21. The Morgan fingerprint density at radius 1 is 1.25 bits per heavy atom. The fraction of sp³-hybridized carbons (Fsp3) is 0.118. The Hall–Kier alpha value is -3.22. The highest BCUT2D eigenvalue weighted by Gasteiger charge is 2.23. The summed E-state index contributed by atoms with van der Waals surface area (Å²) in [6.45, 7) is 0.203. The third-order valence-electron chi connectivity index (χ3n) is 3.34. The van der Waals surface area contributed by atoms with E-state index in [0.29, 0.717) is 11.4 Å². The van der Waals surface area contributed by atoms with Crippen molar-refractivity contribution in [3.8, 4) is 5.88 Å². The van der Waals surface area contributed by atoms with Crippen molar-refractivity contribution in [2.45, 2.75) is 6.54 Å². The van der Waals surface area contributed by atoms with E-state index in [1.54, 1.807) is 18.3 Å². The van der Waals surface area contributed by atoms with Gasteiger partial charge in [-0.05, 0) is 41.6 Å². The minimum absolute atomic E-state index is 0.0205. The van der Waals surface area contributed by atoms with E-state index >= 15 is 0 Å². The van der Waals surface area contributed by atoms with Crippen LogP contribution in [-0.4, -0.2) is 23.2 Å². The van der Waals surface area contributed by atoms with E-state index in [1.807, 2.05) is 6.07 Å². The number of aromatic nitrogens is 2. The molecule has 0 saturated heterocycles. The fourth-order valence-electron chi connectivity index (χ4n) is 2.14. The molecular formula is C17H14FN3O3. The number of anilines is 1. The number of hydrogen-bond acceptors (Lipinski definition) is 5. The first-order valence-corrected chi connectivity index (χ1v) is 7.15. The van der Waals surface area contributed by atoms with Crippen LogP contribution in [0.15, 0.2) is 59.3 Å². The van der Waals surface area contributed by atoms with Crippen LogP contribution in [0.1, 0.15) is 16.2 Å². The molecule has 7 heteroatoms. The van der Waals surface area contributed by atoms with Crippen molar-refractivity contribution in [3.63, 3.8) is 0 Å². The smallest absolute Gasteiger partial charge is 0.297 e. The average Bonchev–Trinajstić information content (AvgIpc) is 3.10. The number of pyridine rings is 1. The molecule has 122 valence electrons. The van der Waals surface area contributed by atoms with Crippen molar-refractivity contribution in [2.24, 2.45) is 0 Å². The predicted octanol–water partition coefficient (Wildman–Crippen LogP) is 3.06. The average molecular weight is 327 g/mol. The second-order valence-corrected chi connectivity index (χ2v) is 4.92. The van der Waals surface area contributed by atoms with Gasteiger partial charge in [0.05, 0.1) is 25.4 Å². The largest absolute Gasteiger partial charge is 0.479 e. The van der Waals surface area contributed by atoms with E-state index in [0.717, 1.165) is 0 Å². The van der Waals surface area contributed by atoms with Gasteiger partial charge in [0.15, 0.2) is 0 Å². The Bertz CT molecular complexity index is 819. The highest BCUT2D eigenvalue weighted by atomic mass is 19.1. The zero-order valence-corrected chi connectivity index (χ0v) is 12.8. The summed E-state index contributed by atoms with van der Waals surface area (Å²) in [4.78, 5) is 18.4. The monoisotopic (exact) mass is 327 g/mol. The summed E-state index contributed by atoms with van der Waals surface area (Å²) in [5, 5.41) is 3.63. The van der Waals surface area contributed by atoms with Gasteiger partial charge in [-0.2, -0.15) is 0 Å². The molecule has 0 unspecified atom stereocenters. The van der Waals surface area contributed by atoms with Gasteiger partial charge < -0.3 is 9.26 Å². The van der Waals surface area contributed by atoms with Crippen LogP contribution in [0.2, 0.25) is 0 Å². The Balaban J connectivity index is 1.94. The van der Waals surface area contributed by atoms with Gasteiger partial charge in [-0.15, -0.1) is 0 Å². The molecule has 2 aromatic heterocycles. The summed E-state index contributed by atoms with van der Waals surface area (Å²) in [7, 11) is 1.43. The minimum atomic E-state index is -0.428. The normalized spacial score (nSPS) is 10.4. The molecule has 0 aliphatic heterocycles. The number of hydrogen-bond donors (Lipinski definition) is 0. The first-order valence-electron chi connectivity index (χ1n) is 7.15. The molecule has 0 aliphatic carbocycles. The maximum atomic E-state index is 13.2. The van der Waals surface area contributed by atoms with Crippen molar-refractivity contribution < 1.29 is 18.4 Å². The number of benzene rings is 1. The number of amides is 1. The number of carbonyl (C=O) groups excluding carboxylic acids is 1. The van der Waals surface area contributed by atoms with E-state index in [-0.39, 0.29) is 24.0 Å². The highest BCUT2D eigenvalue weighted by molar-refractivity contribution is 6.04. The second-order valence-electron chi connectivity index (χ2n) is 4.92. The predicted molar refractivity (Wildman–Crippen MR) is 84.2 cm³/mol. The number of rotatable bonds is 5. The molecular weight excluding hydrogens is 313 g/mol. The lowest BCUT2D eigenvalue weighted by Crippen LogP contribution is -2.30. The van der Waals surface area contributed by atoms with Crippen LogP contribution in [-0.2, 0) is 6.54 Å². The van der Waals surface area contributed by atoms with Crippen LogP contribution in [0.25, 0.3) is 0 Å². The maximum absolute atomic E-state index is 13.2. The van der Waals surface area contributed by atoms with Crippen LogP contribution in [0.4, 0.5) is 10.1 Å². The summed E-state index contributed by atoms with van der Waals surface area (Å²) in [5.41, 5.74) is 1.20. The molecule has 2 heterocycles. The molecule has 0 bridgehead atoms. The standard InChI is InChI=1S/C17H14FN3O3/c1-23-16-10-15(24-20-16)17(22)21(11-13-4-2-3-9-19-13)14-7-5-12(18)6-8-14/h2-10H,11H2,1H3. The molecule has 0 aliphatic rings. The molecule has 24 heavy (non-hydrogen) atoms. The second kappa shape index (κ2) is 6.91. The van der Waals surface area contributed by atoms with Gasteiger partial charge in [0.2, 0.25) is 5.76 Å². The zero-order valence-electron chi connectivity index (χ0n) is 12.8. The van der Waals surface area contributed by atoms with Gasteiger partial charge in [0.1, 0.15) is 5.82 Å². The molecule has 0 fully saturated rings. The van der Waals surface area contributed by atoms with Gasteiger partial charge in [-0.1, -0.05) is 6.07 Å². The molecule has 0 saturated carbocycles. The van der Waals surface area contributed by atoms with Crippen LogP contribution in [0.5, 0.6) is 5.88 Å². The number of nitrogens with zero attached hydrogens (tertiary/aromatic N) is 3. The number of carbonyl (C=O) groups is 1. The first-order chi connectivity index (χ1) is 11.7. The molecule has 3 rings (SSSR count). The fourth-order valence-corrected chi connectivity index (χ4v) is 2.14. The molecule has 1 amide bonds. The third-order valence-corrected chi connectivity index (χ3v) is 3.34. The van der Waals surface area contributed by atoms with Crippen molar-refractivity contribution in [1.82, 2.24) is 10.1 Å². The van der Waals surface area contributed by atoms with Crippen molar-refractivity contribution in [2.75, 3.05) is 12.0 Å².